The number of benzene rings is 2. The number of ether oxygens (including phenoxy) is 1. The van der Waals surface area contributed by atoms with Gasteiger partial charge in [-0.05, 0) is 24.6 Å². The molecule has 0 bridgehead atoms. The maximum Gasteiger partial charge on any atom is 0.168 e. The largest absolute Gasteiger partial charge is 0.486 e. The average molecular weight is 303 g/mol. The van der Waals surface area contributed by atoms with Crippen molar-refractivity contribution in [1.82, 2.24) is 5.32 Å². The van der Waals surface area contributed by atoms with Crippen LogP contribution < -0.4 is 10.1 Å². The Morgan fingerprint density at radius 2 is 1.95 bits per heavy atom. The minimum atomic E-state index is -0.631. The van der Waals surface area contributed by atoms with E-state index < -0.39 is 11.6 Å². The molecule has 3 rings (SSSR count). The van der Waals surface area contributed by atoms with Gasteiger partial charge in [0.1, 0.15) is 12.4 Å². The fourth-order valence-electron chi connectivity index (χ4n) is 2.76. The number of nitrogens with one attached hydrogen (secondary N) is 1. The summed E-state index contributed by atoms with van der Waals surface area (Å²) in [6.45, 7) is 3.14. The van der Waals surface area contributed by atoms with Crippen LogP contribution in [-0.2, 0) is 6.61 Å². The fourth-order valence-corrected chi connectivity index (χ4v) is 2.76. The lowest BCUT2D eigenvalue weighted by Crippen LogP contribution is -2.17. The Labute approximate surface area is 129 Å². The van der Waals surface area contributed by atoms with Crippen LogP contribution in [0.1, 0.15) is 30.4 Å². The topological polar surface area (TPSA) is 21.3 Å². The summed E-state index contributed by atoms with van der Waals surface area (Å²) in [6, 6.07) is 12.1. The number of hydrogen-bond donors (Lipinski definition) is 1. The Balaban J connectivity index is 1.80. The van der Waals surface area contributed by atoms with Crippen LogP contribution in [0.3, 0.4) is 0 Å². The highest BCUT2D eigenvalue weighted by molar-refractivity contribution is 5.42. The predicted octanol–water partition coefficient (Wildman–Crippen LogP) is 4.01. The molecular formula is C18H19F2NO. The maximum atomic E-state index is 14.1. The average Bonchev–Trinajstić information content (AvgIpc) is 3.26. The highest BCUT2D eigenvalue weighted by atomic mass is 19.1. The second-order valence-corrected chi connectivity index (χ2v) is 5.59. The number of rotatable bonds is 6. The molecule has 0 spiro atoms. The van der Waals surface area contributed by atoms with E-state index in [2.05, 4.69) is 5.32 Å². The van der Waals surface area contributed by atoms with Crippen molar-refractivity contribution in [3.63, 3.8) is 0 Å². The van der Waals surface area contributed by atoms with Crippen molar-refractivity contribution in [3.8, 4) is 5.75 Å². The third-order valence-electron chi connectivity index (χ3n) is 3.92. The maximum absolute atomic E-state index is 14.1. The van der Waals surface area contributed by atoms with E-state index in [1.165, 1.54) is 6.07 Å². The zero-order valence-electron chi connectivity index (χ0n) is 12.5. The van der Waals surface area contributed by atoms with E-state index in [0.29, 0.717) is 5.56 Å². The van der Waals surface area contributed by atoms with Crippen LogP contribution in [0.25, 0.3) is 0 Å². The Morgan fingerprint density at radius 3 is 2.68 bits per heavy atom. The van der Waals surface area contributed by atoms with Crippen LogP contribution in [0, 0.1) is 11.6 Å². The van der Waals surface area contributed by atoms with E-state index in [9.17, 15) is 8.78 Å². The van der Waals surface area contributed by atoms with Crippen LogP contribution in [0.15, 0.2) is 42.5 Å². The van der Waals surface area contributed by atoms with Gasteiger partial charge in [-0.3, -0.25) is 0 Å². The molecular weight excluding hydrogens is 284 g/mol. The van der Waals surface area contributed by atoms with Crippen molar-refractivity contribution in [2.45, 2.75) is 31.9 Å². The molecule has 2 aromatic rings. The van der Waals surface area contributed by atoms with Gasteiger partial charge in [0.15, 0.2) is 11.6 Å². The standard InChI is InChI=1S/C18H19F2NO/c1-2-21-17-10-14(17)15-8-13(19)9-16(20)18(15)22-11-12-6-4-3-5-7-12/h3-9,14,17,21H,2,10-11H2,1H3. The SMILES string of the molecule is CCNC1CC1c1cc(F)cc(F)c1OCc1ccccc1. The number of halogens is 2. The lowest BCUT2D eigenvalue weighted by Gasteiger charge is -2.13. The third kappa shape index (κ3) is 3.28. The highest BCUT2D eigenvalue weighted by Gasteiger charge is 2.40. The van der Waals surface area contributed by atoms with E-state index in [1.807, 2.05) is 37.3 Å². The molecule has 1 saturated carbocycles. The Morgan fingerprint density at radius 1 is 1.18 bits per heavy atom. The van der Waals surface area contributed by atoms with Crippen molar-refractivity contribution in [2.75, 3.05) is 6.54 Å². The van der Waals surface area contributed by atoms with Gasteiger partial charge in [0.2, 0.25) is 0 Å². The monoisotopic (exact) mass is 303 g/mol. The smallest absolute Gasteiger partial charge is 0.168 e. The zero-order chi connectivity index (χ0) is 15.5. The fraction of sp³-hybridized carbons (Fsp3) is 0.333. The van der Waals surface area contributed by atoms with E-state index in [0.717, 1.165) is 24.6 Å². The normalized spacial score (nSPS) is 20.0. The summed E-state index contributed by atoms with van der Waals surface area (Å²) in [7, 11) is 0. The summed E-state index contributed by atoms with van der Waals surface area (Å²) in [5.74, 6) is -0.888. The summed E-state index contributed by atoms with van der Waals surface area (Å²) in [5.41, 5.74) is 1.58. The molecule has 1 aliphatic rings. The minimum absolute atomic E-state index is 0.121. The van der Waals surface area contributed by atoms with Gasteiger partial charge in [0.05, 0.1) is 0 Å². The second kappa shape index (κ2) is 6.44. The Kier molecular flexibility index (Phi) is 4.39. The van der Waals surface area contributed by atoms with E-state index in [4.69, 9.17) is 4.74 Å². The molecule has 0 saturated heterocycles. The summed E-state index contributed by atoms with van der Waals surface area (Å²) in [6.07, 6.45) is 0.887. The molecule has 2 atom stereocenters. The first-order valence-corrected chi connectivity index (χ1v) is 7.58. The van der Waals surface area contributed by atoms with E-state index in [-0.39, 0.29) is 24.3 Å². The zero-order valence-corrected chi connectivity index (χ0v) is 12.5. The molecule has 0 aromatic heterocycles. The van der Waals surface area contributed by atoms with Crippen molar-refractivity contribution >= 4 is 0 Å². The Hall–Kier alpha value is -1.94. The first-order chi connectivity index (χ1) is 10.7. The van der Waals surface area contributed by atoms with Gasteiger partial charge in [0, 0.05) is 23.6 Å². The van der Waals surface area contributed by atoms with Crippen LogP contribution in [0.4, 0.5) is 8.78 Å². The quantitative estimate of drug-likeness (QED) is 0.870. The number of hydrogen-bond acceptors (Lipinski definition) is 2. The second-order valence-electron chi connectivity index (χ2n) is 5.59. The molecule has 0 radical (unpaired) electrons. The van der Waals surface area contributed by atoms with E-state index in [1.54, 1.807) is 0 Å². The van der Waals surface area contributed by atoms with Crippen molar-refractivity contribution in [1.29, 1.82) is 0 Å². The molecule has 116 valence electrons. The molecule has 0 heterocycles. The molecule has 1 N–H and O–H groups in total. The van der Waals surface area contributed by atoms with Crippen LogP contribution in [-0.4, -0.2) is 12.6 Å². The van der Waals surface area contributed by atoms with Gasteiger partial charge in [-0.15, -0.1) is 0 Å². The molecule has 2 aromatic carbocycles. The first kappa shape index (κ1) is 15.0. The molecule has 1 aliphatic carbocycles. The molecule has 2 unspecified atom stereocenters. The third-order valence-corrected chi connectivity index (χ3v) is 3.92. The first-order valence-electron chi connectivity index (χ1n) is 7.58. The summed E-state index contributed by atoms with van der Waals surface area (Å²) < 4.78 is 33.4. The van der Waals surface area contributed by atoms with Crippen molar-refractivity contribution < 1.29 is 13.5 Å². The van der Waals surface area contributed by atoms with Gasteiger partial charge in [0.25, 0.3) is 0 Å². The lowest BCUT2D eigenvalue weighted by molar-refractivity contribution is 0.285. The molecule has 22 heavy (non-hydrogen) atoms. The minimum Gasteiger partial charge on any atom is -0.486 e. The summed E-state index contributed by atoms with van der Waals surface area (Å²) >= 11 is 0. The summed E-state index contributed by atoms with van der Waals surface area (Å²) in [4.78, 5) is 0. The van der Waals surface area contributed by atoms with Crippen LogP contribution in [0.2, 0.25) is 0 Å². The van der Waals surface area contributed by atoms with Crippen LogP contribution >= 0.6 is 0 Å². The molecule has 0 amide bonds. The van der Waals surface area contributed by atoms with Gasteiger partial charge >= 0.3 is 0 Å². The summed E-state index contributed by atoms with van der Waals surface area (Å²) in [5, 5.41) is 3.31. The van der Waals surface area contributed by atoms with Gasteiger partial charge in [-0.25, -0.2) is 8.78 Å². The molecule has 4 heteroatoms. The van der Waals surface area contributed by atoms with E-state index >= 15 is 0 Å². The molecule has 0 aliphatic heterocycles. The lowest BCUT2D eigenvalue weighted by atomic mass is 10.1. The van der Waals surface area contributed by atoms with Gasteiger partial charge < -0.3 is 10.1 Å². The van der Waals surface area contributed by atoms with Crippen LogP contribution in [0.5, 0.6) is 5.75 Å². The number of likely N-dealkylation sites (N-methyl/N-ethyl adjacent to an activating group) is 1. The van der Waals surface area contributed by atoms with Gasteiger partial charge in [-0.2, -0.15) is 0 Å². The van der Waals surface area contributed by atoms with Crippen molar-refractivity contribution in [3.05, 3.63) is 65.2 Å². The molecule has 2 nitrogen and oxygen atoms in total. The van der Waals surface area contributed by atoms with Gasteiger partial charge in [-0.1, -0.05) is 37.3 Å². The predicted molar refractivity (Wildman–Crippen MR) is 82.0 cm³/mol. The van der Waals surface area contributed by atoms with Crippen molar-refractivity contribution in [2.24, 2.45) is 0 Å². The molecule has 1 fully saturated rings. The Bertz CT molecular complexity index is 645. The highest BCUT2D eigenvalue weighted by Crippen LogP contribution is 2.46.